The number of anilines is 1. The summed E-state index contributed by atoms with van der Waals surface area (Å²) in [5, 5.41) is 0.643. The third-order valence-corrected chi connectivity index (χ3v) is 7.07. The van der Waals surface area contributed by atoms with Gasteiger partial charge in [-0.15, -0.1) is 0 Å². The Labute approximate surface area is 210 Å². The van der Waals surface area contributed by atoms with Gasteiger partial charge in [0, 0.05) is 0 Å². The predicted molar refractivity (Wildman–Crippen MR) is 136 cm³/mol. The number of carbonyl (C=O) groups excluding carboxylic acids is 2. The van der Waals surface area contributed by atoms with Crippen molar-refractivity contribution in [1.29, 1.82) is 0 Å². The maximum atomic E-state index is 13.8. The SMILES string of the molecule is C=CCOc1cccc(C2c3c(oc4ccc(C)cc4c3=O)C(=O)N2c2nc(C)c(C(=O)OC)s2)c1. The van der Waals surface area contributed by atoms with Crippen molar-refractivity contribution in [3.05, 3.63) is 98.4 Å². The fraction of sp³-hybridized carbons (Fsp3) is 0.185. The van der Waals surface area contributed by atoms with Crippen LogP contribution in [0.1, 0.15) is 48.7 Å². The van der Waals surface area contributed by atoms with Crippen LogP contribution in [-0.2, 0) is 4.74 Å². The maximum absolute atomic E-state index is 13.8. The lowest BCUT2D eigenvalue weighted by atomic mass is 9.98. The Balaban J connectivity index is 1.76. The Morgan fingerprint density at radius 1 is 1.22 bits per heavy atom. The molecule has 182 valence electrons. The molecule has 1 aliphatic heterocycles. The van der Waals surface area contributed by atoms with Crippen LogP contribution in [0, 0.1) is 13.8 Å². The van der Waals surface area contributed by atoms with Crippen LogP contribution in [0.4, 0.5) is 5.13 Å². The molecule has 4 aromatic rings. The average Bonchev–Trinajstić information content (AvgIpc) is 3.40. The molecule has 1 atom stereocenters. The van der Waals surface area contributed by atoms with Crippen molar-refractivity contribution >= 4 is 39.3 Å². The molecule has 0 aliphatic carbocycles. The van der Waals surface area contributed by atoms with Crippen molar-refractivity contribution in [2.24, 2.45) is 0 Å². The van der Waals surface area contributed by atoms with Gasteiger partial charge in [0.1, 0.15) is 22.8 Å². The summed E-state index contributed by atoms with van der Waals surface area (Å²) >= 11 is 1.02. The Morgan fingerprint density at radius 3 is 2.78 bits per heavy atom. The molecule has 0 saturated heterocycles. The summed E-state index contributed by atoms with van der Waals surface area (Å²) in [6.07, 6.45) is 1.63. The van der Waals surface area contributed by atoms with Gasteiger partial charge < -0.3 is 13.9 Å². The van der Waals surface area contributed by atoms with E-state index in [0.717, 1.165) is 16.9 Å². The molecule has 1 amide bonds. The van der Waals surface area contributed by atoms with Gasteiger partial charge in [0.15, 0.2) is 10.6 Å². The summed E-state index contributed by atoms with van der Waals surface area (Å²) < 4.78 is 16.6. The standard InChI is InChI=1S/C27H22N2O6S/c1-5-11-34-17-8-6-7-16(13-17)21-20-22(30)18-12-14(2)9-10-19(18)35-23(20)25(31)29(21)27-28-15(3)24(36-27)26(32)33-4/h5-10,12-13,21H,1,11H2,2-4H3. The van der Waals surface area contributed by atoms with E-state index in [9.17, 15) is 14.4 Å². The van der Waals surface area contributed by atoms with Gasteiger partial charge in [-0.2, -0.15) is 0 Å². The highest BCUT2D eigenvalue weighted by molar-refractivity contribution is 7.17. The number of aromatic nitrogens is 1. The zero-order chi connectivity index (χ0) is 25.6. The largest absolute Gasteiger partial charge is 0.490 e. The minimum atomic E-state index is -0.836. The van der Waals surface area contributed by atoms with Crippen molar-refractivity contribution in [3.8, 4) is 5.75 Å². The number of nitrogens with zero attached hydrogens (tertiary/aromatic N) is 2. The van der Waals surface area contributed by atoms with Gasteiger partial charge in [-0.05, 0) is 43.7 Å². The Kier molecular flexibility index (Phi) is 5.93. The zero-order valence-electron chi connectivity index (χ0n) is 19.9. The second-order valence-corrected chi connectivity index (χ2v) is 9.30. The molecule has 2 aromatic heterocycles. The number of benzene rings is 2. The second kappa shape index (κ2) is 9.09. The number of rotatable bonds is 6. The normalized spacial score (nSPS) is 14.7. The molecule has 0 spiro atoms. The van der Waals surface area contributed by atoms with E-state index in [-0.39, 0.29) is 26.8 Å². The van der Waals surface area contributed by atoms with Crippen molar-refractivity contribution < 1.29 is 23.5 Å². The van der Waals surface area contributed by atoms with Crippen LogP contribution >= 0.6 is 11.3 Å². The van der Waals surface area contributed by atoms with Crippen LogP contribution in [0.25, 0.3) is 11.0 Å². The number of thiazole rings is 1. The van der Waals surface area contributed by atoms with Crippen molar-refractivity contribution in [3.63, 3.8) is 0 Å². The van der Waals surface area contributed by atoms with Crippen molar-refractivity contribution in [2.45, 2.75) is 19.9 Å². The summed E-state index contributed by atoms with van der Waals surface area (Å²) in [5.74, 6) is -0.560. The highest BCUT2D eigenvalue weighted by Crippen LogP contribution is 2.43. The van der Waals surface area contributed by atoms with Crippen LogP contribution in [-0.4, -0.2) is 30.6 Å². The highest BCUT2D eigenvalue weighted by atomic mass is 32.1. The van der Waals surface area contributed by atoms with E-state index in [1.807, 2.05) is 19.1 Å². The van der Waals surface area contributed by atoms with E-state index in [4.69, 9.17) is 13.9 Å². The monoisotopic (exact) mass is 502 g/mol. The molecule has 0 N–H and O–H groups in total. The molecule has 1 aliphatic rings. The number of carbonyl (C=O) groups is 2. The minimum absolute atomic E-state index is 0.0498. The molecule has 0 bridgehead atoms. The third kappa shape index (κ3) is 3.77. The fourth-order valence-corrected chi connectivity index (χ4v) is 5.31. The van der Waals surface area contributed by atoms with E-state index in [1.54, 1.807) is 43.3 Å². The van der Waals surface area contributed by atoms with E-state index >= 15 is 0 Å². The fourth-order valence-electron chi connectivity index (χ4n) is 4.30. The van der Waals surface area contributed by atoms with E-state index in [0.29, 0.717) is 34.6 Å². The Morgan fingerprint density at radius 2 is 2.03 bits per heavy atom. The number of amides is 1. The van der Waals surface area contributed by atoms with Gasteiger partial charge in [-0.25, -0.2) is 9.78 Å². The maximum Gasteiger partial charge on any atom is 0.350 e. The molecule has 5 rings (SSSR count). The first-order chi connectivity index (χ1) is 17.3. The summed E-state index contributed by atoms with van der Waals surface area (Å²) in [7, 11) is 1.28. The van der Waals surface area contributed by atoms with Crippen molar-refractivity contribution in [2.75, 3.05) is 18.6 Å². The molecule has 0 radical (unpaired) electrons. The molecule has 36 heavy (non-hydrogen) atoms. The van der Waals surface area contributed by atoms with Gasteiger partial charge in [0.2, 0.25) is 5.76 Å². The lowest BCUT2D eigenvalue weighted by Crippen LogP contribution is -2.29. The van der Waals surface area contributed by atoms with Gasteiger partial charge in [0.25, 0.3) is 5.91 Å². The number of aryl methyl sites for hydroxylation is 2. The summed E-state index contributed by atoms with van der Waals surface area (Å²) in [6.45, 7) is 7.52. The van der Waals surface area contributed by atoms with Gasteiger partial charge in [0.05, 0.1) is 29.8 Å². The number of esters is 1. The van der Waals surface area contributed by atoms with Gasteiger partial charge in [-0.1, -0.05) is 47.8 Å². The molecule has 1 unspecified atom stereocenters. The minimum Gasteiger partial charge on any atom is -0.490 e. The molecule has 8 nitrogen and oxygen atoms in total. The summed E-state index contributed by atoms with van der Waals surface area (Å²) in [4.78, 5) is 46.0. The van der Waals surface area contributed by atoms with Crippen LogP contribution in [0.3, 0.4) is 0 Å². The second-order valence-electron chi connectivity index (χ2n) is 8.33. The third-order valence-electron chi connectivity index (χ3n) is 5.93. The lowest BCUT2D eigenvalue weighted by molar-refractivity contribution is 0.0605. The first-order valence-corrected chi connectivity index (χ1v) is 12.0. The molecular weight excluding hydrogens is 480 g/mol. The first-order valence-electron chi connectivity index (χ1n) is 11.1. The quantitative estimate of drug-likeness (QED) is 0.271. The van der Waals surface area contributed by atoms with Crippen LogP contribution < -0.4 is 15.1 Å². The van der Waals surface area contributed by atoms with Crippen molar-refractivity contribution in [1.82, 2.24) is 4.98 Å². The highest BCUT2D eigenvalue weighted by Gasteiger charge is 2.45. The zero-order valence-corrected chi connectivity index (χ0v) is 20.7. The van der Waals surface area contributed by atoms with Gasteiger partial charge in [-0.3, -0.25) is 14.5 Å². The average molecular weight is 503 g/mol. The van der Waals surface area contributed by atoms with Gasteiger partial charge >= 0.3 is 5.97 Å². The van der Waals surface area contributed by atoms with Crippen LogP contribution in [0.2, 0.25) is 0 Å². The molecule has 9 heteroatoms. The summed E-state index contributed by atoms with van der Waals surface area (Å²) in [6, 6.07) is 11.6. The smallest absolute Gasteiger partial charge is 0.350 e. The number of ether oxygens (including phenoxy) is 2. The summed E-state index contributed by atoms with van der Waals surface area (Å²) in [5.41, 5.74) is 2.20. The topological polar surface area (TPSA) is 98.9 Å². The Bertz CT molecular complexity index is 1600. The number of fused-ring (bicyclic) bond motifs is 2. The number of hydrogen-bond donors (Lipinski definition) is 0. The van der Waals surface area contributed by atoms with E-state index in [2.05, 4.69) is 11.6 Å². The molecule has 0 saturated carbocycles. The molecule has 2 aromatic carbocycles. The molecule has 3 heterocycles. The number of methoxy groups -OCH3 is 1. The van der Waals surface area contributed by atoms with E-state index in [1.165, 1.54) is 12.0 Å². The predicted octanol–water partition coefficient (Wildman–Crippen LogP) is 4.97. The van der Waals surface area contributed by atoms with Crippen LogP contribution in [0.15, 0.2) is 64.3 Å². The number of hydrogen-bond acceptors (Lipinski definition) is 8. The van der Waals surface area contributed by atoms with E-state index < -0.39 is 17.9 Å². The first kappa shape index (κ1) is 23.5. The Hall–Kier alpha value is -4.24. The lowest BCUT2D eigenvalue weighted by Gasteiger charge is -2.23. The van der Waals surface area contributed by atoms with Crippen LogP contribution in [0.5, 0.6) is 5.75 Å². The molecule has 0 fully saturated rings. The molecular formula is C27H22N2O6S.